The molecule has 2 heterocycles. The molecule has 5 rings (SSSR count). The van der Waals surface area contributed by atoms with E-state index in [1.54, 1.807) is 24.3 Å². The third-order valence-corrected chi connectivity index (χ3v) is 7.20. The van der Waals surface area contributed by atoms with E-state index in [9.17, 15) is 8.42 Å². The van der Waals surface area contributed by atoms with Crippen LogP contribution in [0, 0.1) is 0 Å². The van der Waals surface area contributed by atoms with Gasteiger partial charge in [0.2, 0.25) is 5.95 Å². The van der Waals surface area contributed by atoms with Crippen molar-refractivity contribution in [3.8, 4) is 0 Å². The molecule has 0 amide bonds. The molecule has 1 aliphatic rings. The van der Waals surface area contributed by atoms with Crippen LogP contribution in [-0.2, 0) is 22.9 Å². The van der Waals surface area contributed by atoms with Crippen LogP contribution in [0.3, 0.4) is 0 Å². The fraction of sp³-hybridized carbons (Fsp3) is 0.0833. The average Bonchev–Trinajstić information content (AvgIpc) is 2.81. The summed E-state index contributed by atoms with van der Waals surface area (Å²) in [6.07, 6.45) is 2.82. The molecule has 172 valence electrons. The summed E-state index contributed by atoms with van der Waals surface area (Å²) in [6, 6.07) is 19.5. The summed E-state index contributed by atoms with van der Waals surface area (Å²) in [5.74, 6) is 0.849. The maximum atomic E-state index is 13.0. The predicted molar refractivity (Wildman–Crippen MR) is 136 cm³/mol. The van der Waals surface area contributed by atoms with Gasteiger partial charge in [0, 0.05) is 16.4 Å². The van der Waals surface area contributed by atoms with E-state index in [4.69, 9.17) is 23.2 Å². The molecule has 0 spiro atoms. The van der Waals surface area contributed by atoms with Gasteiger partial charge in [0.05, 0.1) is 16.8 Å². The van der Waals surface area contributed by atoms with Crippen LogP contribution < -0.4 is 15.4 Å². The maximum Gasteiger partial charge on any atom is 0.261 e. The zero-order valence-corrected chi connectivity index (χ0v) is 20.0. The molecule has 6 bridgehead atoms. The fourth-order valence-electron chi connectivity index (χ4n) is 3.68. The van der Waals surface area contributed by atoms with Gasteiger partial charge in [0.15, 0.2) is 5.82 Å². The SMILES string of the molecule is O=S(=O)(Nc1ccc2cc1CCc1cccc(c1)Nc1ncc(Cl)c(n1)N2)c1cccc(Cl)c1. The van der Waals surface area contributed by atoms with E-state index < -0.39 is 10.0 Å². The van der Waals surface area contributed by atoms with E-state index in [1.165, 1.54) is 18.3 Å². The van der Waals surface area contributed by atoms with Crippen LogP contribution in [0.4, 0.5) is 28.8 Å². The van der Waals surface area contributed by atoms with Crippen molar-refractivity contribution in [2.75, 3.05) is 15.4 Å². The highest BCUT2D eigenvalue weighted by Gasteiger charge is 2.18. The minimum Gasteiger partial charge on any atom is -0.339 e. The molecule has 1 aliphatic heterocycles. The molecule has 0 unspecified atom stereocenters. The highest BCUT2D eigenvalue weighted by molar-refractivity contribution is 7.92. The Morgan fingerprint density at radius 1 is 0.882 bits per heavy atom. The number of fused-ring (bicyclic) bond motifs is 6. The van der Waals surface area contributed by atoms with Crippen LogP contribution in [0.5, 0.6) is 0 Å². The Morgan fingerprint density at radius 3 is 2.56 bits per heavy atom. The number of hydrogen-bond acceptors (Lipinski definition) is 6. The minimum atomic E-state index is -3.82. The number of benzene rings is 3. The van der Waals surface area contributed by atoms with Crippen LogP contribution in [0.2, 0.25) is 10.0 Å². The van der Waals surface area contributed by atoms with E-state index in [1.807, 2.05) is 30.3 Å². The highest BCUT2D eigenvalue weighted by Crippen LogP contribution is 2.30. The molecule has 3 aromatic carbocycles. The van der Waals surface area contributed by atoms with Gasteiger partial charge >= 0.3 is 0 Å². The molecule has 1 aromatic heterocycles. The molecule has 0 aliphatic carbocycles. The summed E-state index contributed by atoms with van der Waals surface area (Å²) in [6.45, 7) is 0. The molecule has 0 atom stereocenters. The van der Waals surface area contributed by atoms with E-state index in [2.05, 4.69) is 25.3 Å². The number of aryl methyl sites for hydroxylation is 2. The summed E-state index contributed by atoms with van der Waals surface area (Å²) < 4.78 is 28.8. The van der Waals surface area contributed by atoms with Gasteiger partial charge in [-0.25, -0.2) is 13.4 Å². The van der Waals surface area contributed by atoms with Gasteiger partial charge in [0.25, 0.3) is 10.0 Å². The lowest BCUT2D eigenvalue weighted by Gasteiger charge is -2.15. The summed E-state index contributed by atoms with van der Waals surface area (Å²) in [4.78, 5) is 8.83. The highest BCUT2D eigenvalue weighted by atomic mass is 35.5. The van der Waals surface area contributed by atoms with Crippen molar-refractivity contribution in [2.45, 2.75) is 17.7 Å². The van der Waals surface area contributed by atoms with Crippen LogP contribution in [0.15, 0.2) is 77.8 Å². The van der Waals surface area contributed by atoms with E-state index in [0.717, 1.165) is 22.5 Å². The van der Waals surface area contributed by atoms with Crippen LogP contribution >= 0.6 is 23.2 Å². The van der Waals surface area contributed by atoms with Crippen molar-refractivity contribution in [2.24, 2.45) is 0 Å². The van der Waals surface area contributed by atoms with Crippen molar-refractivity contribution < 1.29 is 8.42 Å². The summed E-state index contributed by atoms with van der Waals surface area (Å²) in [7, 11) is -3.82. The normalized spacial score (nSPS) is 12.9. The first-order valence-corrected chi connectivity index (χ1v) is 12.7. The molecule has 0 saturated heterocycles. The van der Waals surface area contributed by atoms with Gasteiger partial charge in [-0.2, -0.15) is 4.98 Å². The largest absolute Gasteiger partial charge is 0.339 e. The standard InChI is InChI=1S/C24H19Cl2N5O2S/c25-17-4-2-6-20(13-17)34(32,33)31-22-10-9-19-12-16(22)8-7-15-3-1-5-18(11-15)29-24-27-14-21(26)23(28-19)30-24/h1-6,9-14,31H,7-8H2,(H2,27,28,29,30). The second-order valence-corrected chi connectivity index (χ2v) is 10.3. The molecule has 0 radical (unpaired) electrons. The van der Waals surface area contributed by atoms with Gasteiger partial charge in [-0.15, -0.1) is 0 Å². The number of nitrogens with zero attached hydrogens (tertiary/aromatic N) is 2. The molecule has 34 heavy (non-hydrogen) atoms. The Hall–Kier alpha value is -3.33. The Morgan fingerprint density at radius 2 is 1.71 bits per heavy atom. The molecule has 10 heteroatoms. The summed E-state index contributed by atoms with van der Waals surface area (Å²) >= 11 is 12.3. The fourth-order valence-corrected chi connectivity index (χ4v) is 5.22. The Labute approximate surface area is 207 Å². The predicted octanol–water partition coefficient (Wildman–Crippen LogP) is 6.17. The molecular weight excluding hydrogens is 493 g/mol. The average molecular weight is 512 g/mol. The molecule has 4 aromatic rings. The maximum absolute atomic E-state index is 13.0. The van der Waals surface area contributed by atoms with Crippen molar-refractivity contribution >= 4 is 62.1 Å². The van der Waals surface area contributed by atoms with Crippen molar-refractivity contribution in [1.82, 2.24) is 9.97 Å². The van der Waals surface area contributed by atoms with Crippen molar-refractivity contribution in [3.63, 3.8) is 0 Å². The quantitative estimate of drug-likeness (QED) is 0.304. The molecule has 3 N–H and O–H groups in total. The first-order chi connectivity index (χ1) is 16.4. The topological polar surface area (TPSA) is 96.0 Å². The summed E-state index contributed by atoms with van der Waals surface area (Å²) in [5, 5.41) is 7.12. The van der Waals surface area contributed by atoms with Crippen LogP contribution in [-0.4, -0.2) is 18.4 Å². The summed E-state index contributed by atoms with van der Waals surface area (Å²) in [5.41, 5.74) is 3.96. The first-order valence-electron chi connectivity index (χ1n) is 10.4. The van der Waals surface area contributed by atoms with Gasteiger partial charge in [0.1, 0.15) is 5.02 Å². The number of nitrogens with one attached hydrogen (secondary N) is 3. The third kappa shape index (κ3) is 4.94. The van der Waals surface area contributed by atoms with Gasteiger partial charge < -0.3 is 10.6 Å². The lowest BCUT2D eigenvalue weighted by molar-refractivity contribution is 0.601. The number of halogens is 2. The Kier molecular flexibility index (Phi) is 6.03. The zero-order chi connectivity index (χ0) is 23.7. The zero-order valence-electron chi connectivity index (χ0n) is 17.7. The second-order valence-electron chi connectivity index (χ2n) is 7.78. The smallest absolute Gasteiger partial charge is 0.261 e. The van der Waals surface area contributed by atoms with Gasteiger partial charge in [-0.1, -0.05) is 41.4 Å². The Bertz CT molecular complexity index is 1490. The van der Waals surface area contributed by atoms with Gasteiger partial charge in [-0.05, 0) is 72.5 Å². The molecule has 0 saturated carbocycles. The molecular formula is C24H19Cl2N5O2S. The third-order valence-electron chi connectivity index (χ3n) is 5.33. The first kappa shape index (κ1) is 22.5. The van der Waals surface area contributed by atoms with Crippen molar-refractivity contribution in [1.29, 1.82) is 0 Å². The van der Waals surface area contributed by atoms with Crippen LogP contribution in [0.25, 0.3) is 0 Å². The Balaban J connectivity index is 1.56. The lowest BCUT2D eigenvalue weighted by Crippen LogP contribution is -2.14. The molecule has 0 fully saturated rings. The van der Waals surface area contributed by atoms with E-state index >= 15 is 0 Å². The number of sulfonamides is 1. The van der Waals surface area contributed by atoms with Crippen LogP contribution in [0.1, 0.15) is 11.1 Å². The number of hydrogen-bond donors (Lipinski definition) is 3. The second kappa shape index (κ2) is 9.13. The van der Waals surface area contributed by atoms with Crippen molar-refractivity contribution in [3.05, 3.63) is 94.1 Å². The lowest BCUT2D eigenvalue weighted by atomic mass is 10.0. The number of anilines is 5. The molecule has 7 nitrogen and oxygen atoms in total. The monoisotopic (exact) mass is 511 g/mol. The number of aromatic nitrogens is 2. The van der Waals surface area contributed by atoms with E-state index in [-0.39, 0.29) is 4.90 Å². The van der Waals surface area contributed by atoms with E-state index in [0.29, 0.717) is 40.3 Å². The van der Waals surface area contributed by atoms with Gasteiger partial charge in [-0.3, -0.25) is 4.72 Å². The number of rotatable bonds is 3. The minimum absolute atomic E-state index is 0.0955.